The van der Waals surface area contributed by atoms with E-state index in [-0.39, 0.29) is 5.91 Å². The lowest BCUT2D eigenvalue weighted by Gasteiger charge is -2.15. The van der Waals surface area contributed by atoms with Crippen LogP contribution in [0.25, 0.3) is 16.5 Å². The van der Waals surface area contributed by atoms with Gasteiger partial charge in [0.2, 0.25) is 5.91 Å². The maximum absolute atomic E-state index is 12.4. The van der Waals surface area contributed by atoms with Gasteiger partial charge in [-0.15, -0.1) is 0 Å². The Hall–Kier alpha value is -2.23. The fourth-order valence-corrected chi connectivity index (χ4v) is 3.65. The molecule has 1 heterocycles. The molecular formula is C21H27NO3. The molecule has 0 radical (unpaired) electrons. The van der Waals surface area contributed by atoms with Crippen molar-refractivity contribution in [2.45, 2.75) is 59.4 Å². The number of amides is 1. The number of furan rings is 1. The molecule has 25 heavy (non-hydrogen) atoms. The summed E-state index contributed by atoms with van der Waals surface area (Å²) in [5, 5.41) is 4.18. The number of aryl methyl sites for hydroxylation is 2. The van der Waals surface area contributed by atoms with Gasteiger partial charge in [0.25, 0.3) is 0 Å². The average Bonchev–Trinajstić information content (AvgIpc) is 3.20. The molecule has 1 N–H and O–H groups in total. The van der Waals surface area contributed by atoms with Crippen molar-refractivity contribution in [3.05, 3.63) is 35.1 Å². The first-order valence-corrected chi connectivity index (χ1v) is 9.14. The highest BCUT2D eigenvalue weighted by Crippen LogP contribution is 2.37. The van der Waals surface area contributed by atoms with Crippen LogP contribution in [0.1, 0.15) is 56.2 Å². The summed E-state index contributed by atoms with van der Waals surface area (Å²) in [5.41, 5.74) is 4.78. The number of hydrogen-bond donors (Lipinski definition) is 1. The second kappa shape index (κ2) is 7.34. The van der Waals surface area contributed by atoms with Gasteiger partial charge < -0.3 is 14.5 Å². The molecule has 4 heteroatoms. The quantitative estimate of drug-likeness (QED) is 0.786. The molecule has 0 aliphatic heterocycles. The maximum atomic E-state index is 12.4. The molecule has 0 atom stereocenters. The van der Waals surface area contributed by atoms with E-state index in [2.05, 4.69) is 11.4 Å². The largest absolute Gasteiger partial charge is 0.493 e. The molecule has 1 aromatic carbocycles. The van der Waals surface area contributed by atoms with E-state index in [0.717, 1.165) is 51.8 Å². The Morgan fingerprint density at radius 3 is 2.76 bits per heavy atom. The van der Waals surface area contributed by atoms with E-state index >= 15 is 0 Å². The van der Waals surface area contributed by atoms with Gasteiger partial charge >= 0.3 is 0 Å². The minimum absolute atomic E-state index is 0.0199. The standard InChI is InChI=1S/C21H27NO3/c1-5-24-20-15(4)21-18(14(3)12-25-21)11-17(20)13(2)10-19(23)22-16-8-6-7-9-16/h10-12,16H,5-9H2,1-4H3,(H,22,23)/b13-10+. The number of allylic oxidation sites excluding steroid dienone is 1. The summed E-state index contributed by atoms with van der Waals surface area (Å²) in [6, 6.07) is 2.39. The second-order valence-corrected chi connectivity index (χ2v) is 6.92. The molecule has 0 unspecified atom stereocenters. The predicted molar refractivity (Wildman–Crippen MR) is 101 cm³/mol. The molecule has 134 valence electrons. The third-order valence-electron chi connectivity index (χ3n) is 5.00. The first-order chi connectivity index (χ1) is 12.0. The van der Waals surface area contributed by atoms with Crippen LogP contribution in [-0.4, -0.2) is 18.6 Å². The van der Waals surface area contributed by atoms with Crippen LogP contribution in [0.4, 0.5) is 0 Å². The van der Waals surface area contributed by atoms with Crippen LogP contribution >= 0.6 is 0 Å². The molecular weight excluding hydrogens is 314 g/mol. The van der Waals surface area contributed by atoms with E-state index in [9.17, 15) is 4.79 Å². The Kier molecular flexibility index (Phi) is 5.16. The zero-order valence-corrected chi connectivity index (χ0v) is 15.6. The molecule has 0 spiro atoms. The third kappa shape index (κ3) is 3.58. The number of rotatable bonds is 5. The lowest BCUT2D eigenvalue weighted by Crippen LogP contribution is -2.31. The Labute approximate surface area is 149 Å². The summed E-state index contributed by atoms with van der Waals surface area (Å²) in [4.78, 5) is 12.4. The van der Waals surface area contributed by atoms with Crippen LogP contribution < -0.4 is 10.1 Å². The smallest absolute Gasteiger partial charge is 0.244 e. The minimum Gasteiger partial charge on any atom is -0.493 e. The van der Waals surface area contributed by atoms with E-state index in [1.807, 2.05) is 27.7 Å². The number of nitrogens with one attached hydrogen (secondary N) is 1. The lowest BCUT2D eigenvalue weighted by molar-refractivity contribution is -0.117. The van der Waals surface area contributed by atoms with Crippen molar-refractivity contribution in [1.29, 1.82) is 0 Å². The summed E-state index contributed by atoms with van der Waals surface area (Å²) < 4.78 is 11.6. The Balaban J connectivity index is 1.97. The lowest BCUT2D eigenvalue weighted by atomic mass is 9.98. The van der Waals surface area contributed by atoms with Gasteiger partial charge in [-0.2, -0.15) is 0 Å². The maximum Gasteiger partial charge on any atom is 0.244 e. The predicted octanol–water partition coefficient (Wildman–Crippen LogP) is 4.91. The summed E-state index contributed by atoms with van der Waals surface area (Å²) in [5.74, 6) is 0.778. The summed E-state index contributed by atoms with van der Waals surface area (Å²) >= 11 is 0. The molecule has 0 bridgehead atoms. The summed E-state index contributed by atoms with van der Waals surface area (Å²) in [7, 11) is 0. The average molecular weight is 341 g/mol. The topological polar surface area (TPSA) is 51.5 Å². The SMILES string of the molecule is CCOc1c(/C(C)=C/C(=O)NC2CCCC2)cc2c(C)coc2c1C. The van der Waals surface area contributed by atoms with Crippen molar-refractivity contribution in [2.75, 3.05) is 6.61 Å². The normalized spacial score (nSPS) is 15.8. The molecule has 1 amide bonds. The van der Waals surface area contributed by atoms with Crippen molar-refractivity contribution < 1.29 is 13.9 Å². The van der Waals surface area contributed by atoms with Crippen LogP contribution in [0.15, 0.2) is 22.8 Å². The highest BCUT2D eigenvalue weighted by Gasteiger charge is 2.19. The molecule has 3 rings (SSSR count). The van der Waals surface area contributed by atoms with E-state index in [1.54, 1.807) is 12.3 Å². The summed E-state index contributed by atoms with van der Waals surface area (Å²) in [6.45, 7) is 8.53. The molecule has 1 aliphatic rings. The van der Waals surface area contributed by atoms with E-state index in [0.29, 0.717) is 12.6 Å². The third-order valence-corrected chi connectivity index (χ3v) is 5.00. The van der Waals surface area contributed by atoms with Crippen LogP contribution in [0, 0.1) is 13.8 Å². The first-order valence-electron chi connectivity index (χ1n) is 9.14. The van der Waals surface area contributed by atoms with Crippen molar-refractivity contribution in [3.63, 3.8) is 0 Å². The fourth-order valence-electron chi connectivity index (χ4n) is 3.65. The molecule has 1 aromatic heterocycles. The van der Waals surface area contributed by atoms with Gasteiger partial charge in [-0.1, -0.05) is 12.8 Å². The van der Waals surface area contributed by atoms with Crippen LogP contribution in [0.5, 0.6) is 5.75 Å². The first kappa shape index (κ1) is 17.6. The van der Waals surface area contributed by atoms with Crippen LogP contribution in [-0.2, 0) is 4.79 Å². The van der Waals surface area contributed by atoms with Gasteiger partial charge in [0.1, 0.15) is 11.3 Å². The summed E-state index contributed by atoms with van der Waals surface area (Å²) in [6.07, 6.45) is 8.04. The second-order valence-electron chi connectivity index (χ2n) is 6.92. The van der Waals surface area contributed by atoms with Gasteiger partial charge in [0.05, 0.1) is 12.9 Å². The molecule has 4 nitrogen and oxygen atoms in total. The molecule has 1 saturated carbocycles. The Bertz CT molecular complexity index is 810. The van der Waals surface area contributed by atoms with Crippen molar-refractivity contribution in [3.8, 4) is 5.75 Å². The van der Waals surface area contributed by atoms with Crippen LogP contribution in [0.2, 0.25) is 0 Å². The number of benzene rings is 1. The number of carbonyl (C=O) groups excluding carboxylic acids is 1. The molecule has 2 aromatic rings. The monoisotopic (exact) mass is 341 g/mol. The number of carbonyl (C=O) groups is 1. The zero-order chi connectivity index (χ0) is 18.0. The Morgan fingerprint density at radius 2 is 2.08 bits per heavy atom. The molecule has 1 aliphatic carbocycles. The van der Waals surface area contributed by atoms with Gasteiger partial charge in [-0.05, 0) is 57.7 Å². The fraction of sp³-hybridized carbons (Fsp3) is 0.476. The zero-order valence-electron chi connectivity index (χ0n) is 15.6. The van der Waals surface area contributed by atoms with Gasteiger partial charge in [-0.3, -0.25) is 4.79 Å². The highest BCUT2D eigenvalue weighted by atomic mass is 16.5. The van der Waals surface area contributed by atoms with Gasteiger partial charge in [0.15, 0.2) is 0 Å². The van der Waals surface area contributed by atoms with E-state index in [1.165, 1.54) is 12.8 Å². The van der Waals surface area contributed by atoms with Crippen molar-refractivity contribution in [2.24, 2.45) is 0 Å². The van der Waals surface area contributed by atoms with Crippen molar-refractivity contribution >= 4 is 22.4 Å². The molecule has 1 fully saturated rings. The van der Waals surface area contributed by atoms with Crippen LogP contribution in [0.3, 0.4) is 0 Å². The number of fused-ring (bicyclic) bond motifs is 1. The highest BCUT2D eigenvalue weighted by molar-refractivity contribution is 5.98. The number of hydrogen-bond acceptors (Lipinski definition) is 3. The minimum atomic E-state index is -0.0199. The van der Waals surface area contributed by atoms with Gasteiger partial charge in [0, 0.05) is 28.6 Å². The molecule has 0 saturated heterocycles. The Morgan fingerprint density at radius 1 is 1.36 bits per heavy atom. The van der Waals surface area contributed by atoms with E-state index in [4.69, 9.17) is 9.15 Å². The van der Waals surface area contributed by atoms with Gasteiger partial charge in [-0.25, -0.2) is 0 Å². The van der Waals surface area contributed by atoms with E-state index < -0.39 is 0 Å². The van der Waals surface area contributed by atoms with Crippen molar-refractivity contribution in [1.82, 2.24) is 5.32 Å². The number of ether oxygens (including phenoxy) is 1.